The molecule has 0 aromatic carbocycles. The summed E-state index contributed by atoms with van der Waals surface area (Å²) >= 11 is 0. The fourth-order valence-electron chi connectivity index (χ4n) is 2.73. The number of hydrogen-bond acceptors (Lipinski definition) is 5. The summed E-state index contributed by atoms with van der Waals surface area (Å²) in [5.74, 6) is 0.935. The van der Waals surface area contributed by atoms with Crippen molar-refractivity contribution in [3.05, 3.63) is 59.9 Å². The zero-order valence-corrected chi connectivity index (χ0v) is 14.3. The molecule has 3 aromatic rings. The van der Waals surface area contributed by atoms with Crippen molar-refractivity contribution in [2.75, 3.05) is 0 Å². The van der Waals surface area contributed by atoms with E-state index >= 15 is 0 Å². The molecule has 0 bridgehead atoms. The Kier molecular flexibility index (Phi) is 5.23. The van der Waals surface area contributed by atoms with Crippen LogP contribution < -0.4 is 5.32 Å². The number of carbonyl (C=O) groups is 1. The molecule has 0 atom stereocenters. The van der Waals surface area contributed by atoms with E-state index in [4.69, 9.17) is 4.52 Å². The first kappa shape index (κ1) is 16.9. The molecule has 0 aliphatic heterocycles. The minimum absolute atomic E-state index is 0.228. The van der Waals surface area contributed by atoms with E-state index in [-0.39, 0.29) is 11.7 Å². The molecule has 1 amide bonds. The summed E-state index contributed by atoms with van der Waals surface area (Å²) in [6, 6.07) is 7.28. The van der Waals surface area contributed by atoms with Gasteiger partial charge in [0.1, 0.15) is 0 Å². The summed E-state index contributed by atoms with van der Waals surface area (Å²) in [4.78, 5) is 16.7. The van der Waals surface area contributed by atoms with E-state index in [1.54, 1.807) is 23.1 Å². The number of nitrogens with zero attached hydrogens (tertiary/aromatic N) is 4. The topological polar surface area (TPSA) is 85.8 Å². The number of aromatic nitrogens is 4. The van der Waals surface area contributed by atoms with Crippen LogP contribution in [0.3, 0.4) is 0 Å². The highest BCUT2D eigenvalue weighted by atomic mass is 16.5. The Hall–Kier alpha value is -2.96. The van der Waals surface area contributed by atoms with E-state index in [1.165, 1.54) is 0 Å². The molecule has 0 saturated carbocycles. The Bertz CT molecular complexity index is 822. The zero-order valence-electron chi connectivity index (χ0n) is 14.3. The molecule has 0 saturated heterocycles. The summed E-state index contributed by atoms with van der Waals surface area (Å²) in [5, 5.41) is 11.1. The average molecular weight is 339 g/mol. The molecule has 25 heavy (non-hydrogen) atoms. The fraction of sp³-hybridized carbons (Fsp3) is 0.333. The second-order valence-corrected chi connectivity index (χ2v) is 5.75. The second-order valence-electron chi connectivity index (χ2n) is 5.75. The maximum Gasteiger partial charge on any atom is 0.290 e. The van der Waals surface area contributed by atoms with Crippen molar-refractivity contribution in [3.8, 4) is 5.82 Å². The normalized spacial score (nSPS) is 11.0. The predicted molar refractivity (Wildman–Crippen MR) is 92.4 cm³/mol. The summed E-state index contributed by atoms with van der Waals surface area (Å²) in [5.41, 5.74) is 1.69. The van der Waals surface area contributed by atoms with E-state index in [2.05, 4.69) is 34.4 Å². The average Bonchev–Trinajstić information content (AvgIpc) is 3.33. The standard InChI is InChI=1S/C18H21N5O2/c1-3-13(4-2)15-11-16(25-22-15)18(24)20-12-14-7-5-8-19-17(14)23-10-6-9-21-23/h5-11,13H,3-4,12H2,1-2H3,(H,20,24). The highest BCUT2D eigenvalue weighted by molar-refractivity contribution is 5.91. The van der Waals surface area contributed by atoms with Gasteiger partial charge in [-0.1, -0.05) is 25.1 Å². The van der Waals surface area contributed by atoms with Gasteiger partial charge in [-0.15, -0.1) is 0 Å². The van der Waals surface area contributed by atoms with Gasteiger partial charge in [0.2, 0.25) is 5.76 Å². The maximum absolute atomic E-state index is 12.3. The Balaban J connectivity index is 1.69. The Morgan fingerprint density at radius 1 is 1.28 bits per heavy atom. The van der Waals surface area contributed by atoms with Gasteiger partial charge >= 0.3 is 0 Å². The van der Waals surface area contributed by atoms with Crippen LogP contribution in [0.15, 0.2) is 47.4 Å². The zero-order chi connectivity index (χ0) is 17.6. The molecule has 0 fully saturated rings. The van der Waals surface area contributed by atoms with Gasteiger partial charge in [0, 0.05) is 42.7 Å². The Labute approximate surface area is 146 Å². The van der Waals surface area contributed by atoms with Gasteiger partial charge in [0.15, 0.2) is 5.82 Å². The van der Waals surface area contributed by atoms with Gasteiger partial charge in [0.05, 0.1) is 5.69 Å². The molecule has 0 radical (unpaired) electrons. The molecule has 130 valence electrons. The third-order valence-electron chi connectivity index (χ3n) is 4.18. The SMILES string of the molecule is CCC(CC)c1cc(C(=O)NCc2cccnc2-n2cccn2)on1. The van der Waals surface area contributed by atoms with E-state index in [0.717, 1.165) is 24.1 Å². The summed E-state index contributed by atoms with van der Waals surface area (Å²) in [6.45, 7) is 4.52. The quantitative estimate of drug-likeness (QED) is 0.715. The second kappa shape index (κ2) is 7.74. The van der Waals surface area contributed by atoms with E-state index in [9.17, 15) is 4.79 Å². The molecule has 3 rings (SSSR count). The van der Waals surface area contributed by atoms with Crippen LogP contribution in [0, 0.1) is 0 Å². The molecule has 0 aliphatic carbocycles. The summed E-state index contributed by atoms with van der Waals surface area (Å²) in [6.07, 6.45) is 7.12. The third-order valence-corrected chi connectivity index (χ3v) is 4.18. The molecule has 1 N–H and O–H groups in total. The number of carbonyl (C=O) groups excluding carboxylic acids is 1. The smallest absolute Gasteiger partial charge is 0.290 e. The monoisotopic (exact) mass is 339 g/mol. The minimum atomic E-state index is -0.292. The molecular weight excluding hydrogens is 318 g/mol. The van der Waals surface area contributed by atoms with Crippen LogP contribution in [-0.2, 0) is 6.54 Å². The highest BCUT2D eigenvalue weighted by Gasteiger charge is 2.17. The van der Waals surface area contributed by atoms with Gasteiger partial charge in [-0.3, -0.25) is 4.79 Å². The van der Waals surface area contributed by atoms with Crippen LogP contribution in [-0.4, -0.2) is 25.8 Å². The van der Waals surface area contributed by atoms with Gasteiger partial charge in [-0.05, 0) is 25.0 Å². The Morgan fingerprint density at radius 2 is 2.12 bits per heavy atom. The number of rotatable bonds is 7. The largest absolute Gasteiger partial charge is 0.351 e. The van der Waals surface area contributed by atoms with E-state index in [1.807, 2.05) is 24.4 Å². The van der Waals surface area contributed by atoms with Gasteiger partial charge in [-0.2, -0.15) is 5.10 Å². The van der Waals surface area contributed by atoms with Crippen molar-refractivity contribution >= 4 is 5.91 Å². The molecule has 0 unspecified atom stereocenters. The van der Waals surface area contributed by atoms with Crippen molar-refractivity contribution < 1.29 is 9.32 Å². The predicted octanol–water partition coefficient (Wildman–Crippen LogP) is 3.09. The van der Waals surface area contributed by atoms with E-state index in [0.29, 0.717) is 18.3 Å². The fourth-order valence-corrected chi connectivity index (χ4v) is 2.73. The number of pyridine rings is 1. The van der Waals surface area contributed by atoms with Gasteiger partial charge in [-0.25, -0.2) is 9.67 Å². The first-order chi connectivity index (χ1) is 12.2. The van der Waals surface area contributed by atoms with Crippen LogP contribution in [0.4, 0.5) is 0 Å². The first-order valence-electron chi connectivity index (χ1n) is 8.41. The molecule has 0 aliphatic rings. The first-order valence-corrected chi connectivity index (χ1v) is 8.41. The summed E-state index contributed by atoms with van der Waals surface area (Å²) < 4.78 is 6.87. The molecule has 7 heteroatoms. The molecule has 3 heterocycles. The lowest BCUT2D eigenvalue weighted by atomic mass is 9.99. The van der Waals surface area contributed by atoms with E-state index < -0.39 is 0 Å². The van der Waals surface area contributed by atoms with Crippen LogP contribution in [0.1, 0.15) is 54.4 Å². The lowest BCUT2D eigenvalue weighted by Crippen LogP contribution is -2.23. The van der Waals surface area contributed by atoms with Crippen LogP contribution >= 0.6 is 0 Å². The van der Waals surface area contributed by atoms with Crippen molar-refractivity contribution in [1.82, 2.24) is 25.2 Å². The Morgan fingerprint density at radius 3 is 2.84 bits per heavy atom. The summed E-state index contributed by atoms with van der Waals surface area (Å²) in [7, 11) is 0. The highest BCUT2D eigenvalue weighted by Crippen LogP contribution is 2.22. The molecule has 0 spiro atoms. The lowest BCUT2D eigenvalue weighted by Gasteiger charge is -2.08. The minimum Gasteiger partial charge on any atom is -0.351 e. The number of hydrogen-bond donors (Lipinski definition) is 1. The number of amides is 1. The van der Waals surface area contributed by atoms with Gasteiger partial charge < -0.3 is 9.84 Å². The van der Waals surface area contributed by atoms with Crippen molar-refractivity contribution in [1.29, 1.82) is 0 Å². The van der Waals surface area contributed by atoms with Crippen LogP contribution in [0.5, 0.6) is 0 Å². The van der Waals surface area contributed by atoms with Gasteiger partial charge in [0.25, 0.3) is 5.91 Å². The molecule has 7 nitrogen and oxygen atoms in total. The van der Waals surface area contributed by atoms with Crippen molar-refractivity contribution in [2.24, 2.45) is 0 Å². The third kappa shape index (κ3) is 3.76. The lowest BCUT2D eigenvalue weighted by molar-refractivity contribution is 0.0913. The van der Waals surface area contributed by atoms with Crippen molar-refractivity contribution in [3.63, 3.8) is 0 Å². The van der Waals surface area contributed by atoms with Crippen LogP contribution in [0.25, 0.3) is 5.82 Å². The maximum atomic E-state index is 12.3. The van der Waals surface area contributed by atoms with Crippen LogP contribution in [0.2, 0.25) is 0 Å². The molecular formula is C18H21N5O2. The number of nitrogens with one attached hydrogen (secondary N) is 1. The van der Waals surface area contributed by atoms with Crippen molar-refractivity contribution in [2.45, 2.75) is 39.2 Å². The molecule has 3 aromatic heterocycles.